The minimum absolute atomic E-state index is 0.140. The van der Waals surface area contributed by atoms with Crippen LogP contribution in [0.2, 0.25) is 10.2 Å². The molecule has 250 valence electrons. The Bertz CT molecular complexity index is 1640. The van der Waals surface area contributed by atoms with Crippen LogP contribution in [0.1, 0.15) is 70.0 Å². The molecule has 5 rings (SSSR count). The lowest BCUT2D eigenvalue weighted by molar-refractivity contribution is -0.129. The summed E-state index contributed by atoms with van der Waals surface area (Å²) in [5.74, 6) is -0.282. The van der Waals surface area contributed by atoms with E-state index in [1.54, 1.807) is 55.9 Å². The average molecular weight is 684 g/mol. The maximum atomic E-state index is 13.8. The Kier molecular flexibility index (Phi) is 10.9. The van der Waals surface area contributed by atoms with Gasteiger partial charge in [-0.1, -0.05) is 53.4 Å². The van der Waals surface area contributed by atoms with Gasteiger partial charge in [-0.15, -0.1) is 5.10 Å². The number of nitrogens with zero attached hydrogens (tertiary/aromatic N) is 4. The van der Waals surface area contributed by atoms with E-state index in [1.807, 2.05) is 29.2 Å². The van der Waals surface area contributed by atoms with E-state index in [9.17, 15) is 14.4 Å². The number of halogens is 2. The zero-order valence-electron chi connectivity index (χ0n) is 26.7. The fourth-order valence-corrected chi connectivity index (χ4v) is 5.94. The second-order valence-corrected chi connectivity index (χ2v) is 13.4. The SMILES string of the molecule is CC(C)(C)OC(=O)NCC[C@H]1Nc2cccc(c2)[C@@H](N2CNC(c3cc(Cl)ccc3-n3cc(Cl)nn3)=CC2=O)CCCCCNC1=O. The third kappa shape index (κ3) is 9.17. The first kappa shape index (κ1) is 34.1. The van der Waals surface area contributed by atoms with Gasteiger partial charge in [-0.05, 0) is 75.9 Å². The molecule has 0 aliphatic carbocycles. The highest BCUT2D eigenvalue weighted by Gasteiger charge is 2.29. The van der Waals surface area contributed by atoms with Crippen LogP contribution < -0.4 is 21.3 Å². The van der Waals surface area contributed by atoms with E-state index in [0.717, 1.165) is 36.9 Å². The van der Waals surface area contributed by atoms with Crippen molar-refractivity contribution in [1.29, 1.82) is 0 Å². The molecule has 0 radical (unpaired) electrons. The Morgan fingerprint density at radius 1 is 1.09 bits per heavy atom. The van der Waals surface area contributed by atoms with Crippen molar-refractivity contribution < 1.29 is 19.1 Å². The largest absolute Gasteiger partial charge is 0.444 e. The van der Waals surface area contributed by atoms with Crippen LogP contribution in [0.15, 0.2) is 54.7 Å². The fraction of sp³-hybridized carbons (Fsp3) is 0.424. The van der Waals surface area contributed by atoms with E-state index in [-0.39, 0.29) is 36.2 Å². The summed E-state index contributed by atoms with van der Waals surface area (Å²) in [5.41, 5.74) is 3.06. The lowest BCUT2D eigenvalue weighted by Crippen LogP contribution is -2.44. The van der Waals surface area contributed by atoms with Gasteiger partial charge in [-0.3, -0.25) is 9.59 Å². The van der Waals surface area contributed by atoms with Gasteiger partial charge in [0.05, 0.1) is 30.3 Å². The number of hydrogen-bond acceptors (Lipinski definition) is 8. The number of amides is 3. The van der Waals surface area contributed by atoms with E-state index in [4.69, 9.17) is 27.9 Å². The van der Waals surface area contributed by atoms with Crippen molar-refractivity contribution in [2.75, 3.05) is 25.1 Å². The summed E-state index contributed by atoms with van der Waals surface area (Å²) in [7, 11) is 0. The maximum absolute atomic E-state index is 13.8. The number of hydrogen-bond donors (Lipinski definition) is 4. The Balaban J connectivity index is 1.36. The van der Waals surface area contributed by atoms with Gasteiger partial charge in [-0.2, -0.15) is 0 Å². The van der Waals surface area contributed by atoms with Crippen LogP contribution in [0.3, 0.4) is 0 Å². The number of alkyl carbamates (subject to hydrolysis) is 1. The summed E-state index contributed by atoms with van der Waals surface area (Å²) < 4.78 is 6.87. The molecule has 2 aliphatic heterocycles. The number of fused-ring (bicyclic) bond motifs is 2. The predicted octanol–water partition coefficient (Wildman–Crippen LogP) is 5.43. The van der Waals surface area contributed by atoms with E-state index in [1.165, 1.54) is 0 Å². The normalized spacial score (nSPS) is 19.2. The average Bonchev–Trinajstić information content (AvgIpc) is 3.45. The number of anilines is 1. The monoisotopic (exact) mass is 682 g/mol. The van der Waals surface area contributed by atoms with E-state index in [0.29, 0.717) is 34.9 Å². The molecule has 12 nitrogen and oxygen atoms in total. The molecule has 2 aliphatic rings. The van der Waals surface area contributed by atoms with Gasteiger partial charge in [0.2, 0.25) is 5.91 Å². The van der Waals surface area contributed by atoms with Crippen LogP contribution in [0.25, 0.3) is 11.4 Å². The quantitative estimate of drug-likeness (QED) is 0.270. The minimum Gasteiger partial charge on any atom is -0.444 e. The number of benzene rings is 2. The molecule has 0 unspecified atom stereocenters. The molecule has 0 spiro atoms. The molecule has 3 aromatic rings. The highest BCUT2D eigenvalue weighted by atomic mass is 35.5. The summed E-state index contributed by atoms with van der Waals surface area (Å²) in [6.07, 6.45) is 6.30. The fourth-order valence-electron chi connectivity index (χ4n) is 5.64. The molecular weight excluding hydrogens is 643 g/mol. The first-order chi connectivity index (χ1) is 22.5. The summed E-state index contributed by atoms with van der Waals surface area (Å²) in [6, 6.07) is 12.3. The Morgan fingerprint density at radius 2 is 1.91 bits per heavy atom. The van der Waals surface area contributed by atoms with Gasteiger partial charge in [-0.25, -0.2) is 9.48 Å². The lowest BCUT2D eigenvalue weighted by Gasteiger charge is -2.36. The van der Waals surface area contributed by atoms with Crippen molar-refractivity contribution in [2.45, 2.75) is 70.6 Å². The molecule has 1 aromatic heterocycles. The number of carbonyl (C=O) groups is 3. The molecule has 14 heteroatoms. The molecule has 0 saturated carbocycles. The highest BCUT2D eigenvalue weighted by Crippen LogP contribution is 2.33. The third-order valence-electron chi connectivity index (χ3n) is 7.81. The second kappa shape index (κ2) is 15.1. The van der Waals surface area contributed by atoms with Gasteiger partial charge in [0.25, 0.3) is 5.91 Å². The number of rotatable bonds is 6. The van der Waals surface area contributed by atoms with Crippen LogP contribution in [0.4, 0.5) is 10.5 Å². The number of ether oxygens (including phenoxy) is 1. The highest BCUT2D eigenvalue weighted by molar-refractivity contribution is 6.31. The van der Waals surface area contributed by atoms with Crippen molar-refractivity contribution in [3.8, 4) is 5.69 Å². The summed E-state index contributed by atoms with van der Waals surface area (Å²) in [6.45, 7) is 6.46. The smallest absolute Gasteiger partial charge is 0.407 e. The van der Waals surface area contributed by atoms with E-state index in [2.05, 4.69) is 31.6 Å². The standard InChI is InChI=1S/C33H40Cl2N8O4/c1-33(2,3)47-32(46)37-15-13-25-31(45)36-14-6-4-5-10-27(21-8-7-9-23(16-21)39-25)42-20-38-26(18-30(42)44)24-17-22(34)11-12-28(24)43-19-29(35)40-41-43/h7-9,11-12,16-19,25,27,38-39H,4-6,10,13-15,20H2,1-3H3,(H,36,45)(H,37,46)/t25-,27+/m1/s1. The molecule has 2 aromatic carbocycles. The number of carbonyl (C=O) groups excluding carboxylic acids is 3. The topological polar surface area (TPSA) is 143 Å². The summed E-state index contributed by atoms with van der Waals surface area (Å²) in [4.78, 5) is 40.9. The minimum atomic E-state index is -0.615. The molecule has 47 heavy (non-hydrogen) atoms. The Morgan fingerprint density at radius 3 is 2.66 bits per heavy atom. The van der Waals surface area contributed by atoms with Crippen molar-refractivity contribution in [1.82, 2.24) is 35.8 Å². The van der Waals surface area contributed by atoms with Crippen LogP contribution in [0.5, 0.6) is 0 Å². The maximum Gasteiger partial charge on any atom is 0.407 e. The summed E-state index contributed by atoms with van der Waals surface area (Å²) in [5, 5.41) is 21.2. The van der Waals surface area contributed by atoms with E-state index < -0.39 is 17.7 Å². The van der Waals surface area contributed by atoms with Crippen molar-refractivity contribution in [2.24, 2.45) is 0 Å². The van der Waals surface area contributed by atoms with Crippen LogP contribution in [-0.4, -0.2) is 69.2 Å². The molecule has 2 bridgehead atoms. The zero-order chi connectivity index (χ0) is 33.6. The van der Waals surface area contributed by atoms with Gasteiger partial charge in [0, 0.05) is 35.4 Å². The molecule has 0 saturated heterocycles. The molecule has 3 amide bonds. The Hall–Kier alpha value is -4.29. The zero-order valence-corrected chi connectivity index (χ0v) is 28.2. The van der Waals surface area contributed by atoms with Crippen LogP contribution in [-0.2, 0) is 14.3 Å². The van der Waals surface area contributed by atoms with Crippen molar-refractivity contribution >= 4 is 52.5 Å². The molecule has 4 N–H and O–H groups in total. The van der Waals surface area contributed by atoms with Crippen molar-refractivity contribution in [3.05, 3.63) is 76.0 Å². The predicted molar refractivity (Wildman–Crippen MR) is 181 cm³/mol. The lowest BCUT2D eigenvalue weighted by atomic mass is 9.97. The van der Waals surface area contributed by atoms with Crippen LogP contribution >= 0.6 is 23.2 Å². The molecular formula is C33H40Cl2N8O4. The van der Waals surface area contributed by atoms with Gasteiger partial charge >= 0.3 is 6.09 Å². The molecule has 3 heterocycles. The van der Waals surface area contributed by atoms with Crippen molar-refractivity contribution in [3.63, 3.8) is 0 Å². The summed E-state index contributed by atoms with van der Waals surface area (Å²) >= 11 is 12.4. The number of nitrogens with one attached hydrogen (secondary N) is 4. The van der Waals surface area contributed by atoms with Gasteiger partial charge in [0.1, 0.15) is 11.6 Å². The van der Waals surface area contributed by atoms with Gasteiger partial charge in [0.15, 0.2) is 5.15 Å². The van der Waals surface area contributed by atoms with E-state index >= 15 is 0 Å². The first-order valence-corrected chi connectivity index (χ1v) is 16.5. The van der Waals surface area contributed by atoms with Crippen LogP contribution in [0, 0.1) is 0 Å². The second-order valence-electron chi connectivity index (χ2n) is 12.5. The Labute approximate surface area is 284 Å². The molecule has 2 atom stereocenters. The molecule has 0 fully saturated rings. The first-order valence-electron chi connectivity index (χ1n) is 15.7. The van der Waals surface area contributed by atoms with Gasteiger partial charge < -0.3 is 30.9 Å². The number of aromatic nitrogens is 3. The third-order valence-corrected chi connectivity index (χ3v) is 8.22.